The molecule has 30 heavy (non-hydrogen) atoms. The summed E-state index contributed by atoms with van der Waals surface area (Å²) in [6.07, 6.45) is -6.37. The van der Waals surface area contributed by atoms with Crippen molar-refractivity contribution >= 4 is 23.2 Å². The smallest absolute Gasteiger partial charge is 0.340 e. The summed E-state index contributed by atoms with van der Waals surface area (Å²) in [7, 11) is 0. The number of fused-ring (bicyclic) bond motifs is 1. The summed E-state index contributed by atoms with van der Waals surface area (Å²) in [6.45, 7) is 0.364. The largest absolute Gasteiger partial charge is 0.503 e. The minimum Gasteiger partial charge on any atom is -0.503 e. The number of rotatable bonds is 8. The number of phenols is 1. The van der Waals surface area contributed by atoms with E-state index in [1.165, 1.54) is 6.92 Å². The minimum absolute atomic E-state index is 0.0202. The van der Waals surface area contributed by atoms with Gasteiger partial charge in [0.15, 0.2) is 17.1 Å². The van der Waals surface area contributed by atoms with E-state index < -0.39 is 71.9 Å². The Bertz CT molecular complexity index is 1020. The third-order valence-corrected chi connectivity index (χ3v) is 4.56. The van der Waals surface area contributed by atoms with Gasteiger partial charge in [-0.05, 0) is 18.6 Å². The van der Waals surface area contributed by atoms with Crippen molar-refractivity contribution in [2.45, 2.75) is 37.7 Å². The van der Waals surface area contributed by atoms with E-state index in [-0.39, 0.29) is 22.8 Å². The first-order chi connectivity index (χ1) is 14.0. The van der Waals surface area contributed by atoms with E-state index in [9.17, 15) is 43.6 Å². The summed E-state index contributed by atoms with van der Waals surface area (Å²) < 4.78 is 32.4. The summed E-state index contributed by atoms with van der Waals surface area (Å²) >= 11 is 0. The lowest BCUT2D eigenvalue weighted by Gasteiger charge is -2.26. The van der Waals surface area contributed by atoms with Gasteiger partial charge in [-0.15, -0.1) is 0 Å². The molecule has 0 saturated carbocycles. The fourth-order valence-electron chi connectivity index (χ4n) is 2.79. The second-order valence-corrected chi connectivity index (χ2v) is 6.53. The lowest BCUT2D eigenvalue weighted by molar-refractivity contribution is -0.130. The third kappa shape index (κ3) is 4.46. The monoisotopic (exact) mass is 431 g/mol. The molecule has 0 saturated heterocycles. The lowest BCUT2D eigenvalue weighted by atomic mass is 10.0. The van der Waals surface area contributed by atoms with E-state index in [4.69, 9.17) is 9.52 Å². The van der Waals surface area contributed by atoms with Crippen molar-refractivity contribution in [2.24, 2.45) is 0 Å². The van der Waals surface area contributed by atoms with Crippen LogP contribution in [0.15, 0.2) is 15.3 Å². The molecule has 0 aliphatic heterocycles. The maximum atomic E-state index is 14.0. The number of hydrogen-bond acceptors (Lipinski definition) is 9. The molecular weight excluding hydrogens is 412 g/mol. The minimum atomic E-state index is -1.98. The van der Waals surface area contributed by atoms with Crippen LogP contribution in [0.5, 0.6) is 5.75 Å². The second-order valence-electron chi connectivity index (χ2n) is 6.53. The number of aliphatic hydroxyl groups is 4. The SMILES string of the molecule is Cc1c(CC(=O)N[C@H](C=O)[C@@H](O)[C@H](O)[C@H](O)CO)c(=O)oc2c(F)c(O)c(F)cc12. The van der Waals surface area contributed by atoms with Crippen molar-refractivity contribution in [1.82, 2.24) is 5.32 Å². The molecule has 10 nitrogen and oxygen atoms in total. The number of hydrogen-bond donors (Lipinski definition) is 6. The molecule has 2 aromatic rings. The standard InChI is InChI=1S/C18H19F2NO9/c1-6-7-2-9(19)14(26)13(20)17(7)30-18(29)8(6)3-12(25)21-10(4-22)15(27)16(28)11(24)5-23/h2,4,10-11,15-16,23-24,26-28H,3,5H2,1H3,(H,21,25)/t10-,11-,15-,16-/m1/s1. The van der Waals surface area contributed by atoms with E-state index in [1.807, 2.05) is 5.32 Å². The molecule has 1 aromatic carbocycles. The van der Waals surface area contributed by atoms with Gasteiger partial charge < -0.3 is 40.1 Å². The lowest BCUT2D eigenvalue weighted by Crippen LogP contribution is -2.53. The molecule has 0 aliphatic rings. The Hall–Kier alpha value is -2.93. The number of aromatic hydroxyl groups is 1. The molecule has 1 amide bonds. The predicted octanol–water partition coefficient (Wildman–Crippen LogP) is -1.61. The molecule has 0 fully saturated rings. The van der Waals surface area contributed by atoms with Crippen LogP contribution in [0.4, 0.5) is 8.78 Å². The molecular formula is C18H19F2NO9. The highest BCUT2D eigenvalue weighted by Crippen LogP contribution is 2.30. The summed E-state index contributed by atoms with van der Waals surface area (Å²) in [6, 6.07) is -0.980. The molecule has 12 heteroatoms. The van der Waals surface area contributed by atoms with Gasteiger partial charge in [0.05, 0.1) is 18.6 Å². The number of carbonyl (C=O) groups excluding carboxylic acids is 2. The maximum absolute atomic E-state index is 14.0. The first-order valence-electron chi connectivity index (χ1n) is 8.56. The first kappa shape index (κ1) is 23.3. The molecule has 0 unspecified atom stereocenters. The Morgan fingerprint density at radius 1 is 1.27 bits per heavy atom. The summed E-state index contributed by atoms with van der Waals surface area (Å²) in [5.74, 6) is -5.12. The van der Waals surface area contributed by atoms with Crippen LogP contribution in [-0.4, -0.2) is 68.7 Å². The summed E-state index contributed by atoms with van der Waals surface area (Å²) in [4.78, 5) is 35.5. The number of nitrogens with one attached hydrogen (secondary N) is 1. The van der Waals surface area contributed by atoms with Crippen molar-refractivity contribution in [3.8, 4) is 5.75 Å². The van der Waals surface area contributed by atoms with Crippen LogP contribution in [0.2, 0.25) is 0 Å². The van der Waals surface area contributed by atoms with Crippen LogP contribution in [0.3, 0.4) is 0 Å². The zero-order chi connectivity index (χ0) is 22.7. The van der Waals surface area contributed by atoms with Crippen LogP contribution in [0.1, 0.15) is 11.1 Å². The number of aryl methyl sites for hydroxylation is 1. The highest BCUT2D eigenvalue weighted by atomic mass is 19.1. The van der Waals surface area contributed by atoms with Gasteiger partial charge in [-0.2, -0.15) is 4.39 Å². The number of amides is 1. The fourth-order valence-corrected chi connectivity index (χ4v) is 2.79. The topological polar surface area (TPSA) is 178 Å². The zero-order valence-corrected chi connectivity index (χ0v) is 15.5. The number of aliphatic hydroxyl groups excluding tert-OH is 4. The number of carbonyl (C=O) groups is 2. The first-order valence-corrected chi connectivity index (χ1v) is 8.56. The van der Waals surface area contributed by atoms with Gasteiger partial charge in [0.1, 0.15) is 30.6 Å². The number of aldehydes is 1. The highest BCUT2D eigenvalue weighted by Gasteiger charge is 2.32. The third-order valence-electron chi connectivity index (χ3n) is 4.56. The van der Waals surface area contributed by atoms with Crippen molar-refractivity contribution in [3.63, 3.8) is 0 Å². The van der Waals surface area contributed by atoms with Crippen LogP contribution < -0.4 is 10.9 Å². The van der Waals surface area contributed by atoms with Gasteiger partial charge in [0, 0.05) is 5.39 Å². The van der Waals surface area contributed by atoms with Gasteiger partial charge in [-0.25, -0.2) is 9.18 Å². The molecule has 0 bridgehead atoms. The van der Waals surface area contributed by atoms with Gasteiger partial charge in [-0.1, -0.05) is 0 Å². The van der Waals surface area contributed by atoms with Gasteiger partial charge >= 0.3 is 5.63 Å². The quantitative estimate of drug-likeness (QED) is 0.212. The normalized spacial score (nSPS) is 15.4. The van der Waals surface area contributed by atoms with Gasteiger partial charge in [-0.3, -0.25) is 4.79 Å². The maximum Gasteiger partial charge on any atom is 0.340 e. The zero-order valence-electron chi connectivity index (χ0n) is 15.5. The average Bonchev–Trinajstić information content (AvgIpc) is 2.72. The Balaban J connectivity index is 2.31. The van der Waals surface area contributed by atoms with Crippen molar-refractivity contribution in [2.75, 3.05) is 6.61 Å². The second kappa shape index (κ2) is 9.26. The number of phenolic OH excluding ortho intramolecular Hbond substituents is 1. The predicted molar refractivity (Wildman–Crippen MR) is 95.6 cm³/mol. The van der Waals surface area contributed by atoms with E-state index in [0.717, 1.165) is 6.07 Å². The van der Waals surface area contributed by atoms with Crippen molar-refractivity contribution in [1.29, 1.82) is 0 Å². The Morgan fingerprint density at radius 2 is 1.90 bits per heavy atom. The molecule has 1 aromatic heterocycles. The molecule has 0 spiro atoms. The number of halogens is 2. The van der Waals surface area contributed by atoms with Crippen molar-refractivity contribution < 1.29 is 48.3 Å². The van der Waals surface area contributed by atoms with Crippen LogP contribution in [-0.2, 0) is 16.0 Å². The molecule has 2 rings (SSSR count). The van der Waals surface area contributed by atoms with E-state index in [1.54, 1.807) is 0 Å². The molecule has 4 atom stereocenters. The van der Waals surface area contributed by atoms with Crippen LogP contribution in [0.25, 0.3) is 11.0 Å². The average molecular weight is 431 g/mol. The van der Waals surface area contributed by atoms with Crippen molar-refractivity contribution in [3.05, 3.63) is 39.2 Å². The highest BCUT2D eigenvalue weighted by molar-refractivity contribution is 5.86. The Labute approximate surface area is 167 Å². The number of benzene rings is 1. The van der Waals surface area contributed by atoms with Crippen LogP contribution in [0, 0.1) is 18.6 Å². The summed E-state index contributed by atoms with van der Waals surface area (Å²) in [5.41, 5.74) is -2.19. The summed E-state index contributed by atoms with van der Waals surface area (Å²) in [5, 5.41) is 48.7. The van der Waals surface area contributed by atoms with E-state index >= 15 is 0 Å². The van der Waals surface area contributed by atoms with E-state index in [2.05, 4.69) is 0 Å². The molecule has 0 aliphatic carbocycles. The van der Waals surface area contributed by atoms with Gasteiger partial charge in [0.25, 0.3) is 0 Å². The molecule has 6 N–H and O–H groups in total. The molecule has 164 valence electrons. The molecule has 0 radical (unpaired) electrons. The Morgan fingerprint density at radius 3 is 2.47 bits per heavy atom. The van der Waals surface area contributed by atoms with Gasteiger partial charge in [0.2, 0.25) is 11.7 Å². The van der Waals surface area contributed by atoms with Crippen LogP contribution >= 0.6 is 0 Å². The Kier molecular flexibility index (Phi) is 7.21. The van der Waals surface area contributed by atoms with E-state index in [0.29, 0.717) is 0 Å². The molecule has 1 heterocycles. The fraction of sp³-hybridized carbons (Fsp3) is 0.389.